The van der Waals surface area contributed by atoms with Gasteiger partial charge in [0, 0.05) is 18.3 Å². The van der Waals surface area contributed by atoms with Crippen LogP contribution < -0.4 is 0 Å². The Morgan fingerprint density at radius 1 is 1.22 bits per heavy atom. The molecule has 10 heteroatoms. The van der Waals surface area contributed by atoms with E-state index in [9.17, 15) is 23.3 Å². The van der Waals surface area contributed by atoms with Gasteiger partial charge in [0.25, 0.3) is 5.69 Å². The van der Waals surface area contributed by atoms with Gasteiger partial charge < -0.3 is 0 Å². The minimum Gasteiger partial charge on any atom is -0.281 e. The van der Waals surface area contributed by atoms with E-state index in [-0.39, 0.29) is 11.2 Å². The van der Waals surface area contributed by atoms with Gasteiger partial charge in [-0.1, -0.05) is 11.3 Å². The molecule has 0 amide bonds. The normalized spacial score (nSPS) is 12.5. The zero-order chi connectivity index (χ0) is 16.4. The number of pyridine rings is 1. The molecule has 0 atom stereocenters. The van der Waals surface area contributed by atoms with Crippen molar-refractivity contribution in [3.8, 4) is 0 Å². The number of aromatic nitrogens is 3. The Morgan fingerprint density at radius 2 is 2.00 bits per heavy atom. The highest BCUT2D eigenvalue weighted by Gasteiger charge is 2.31. The summed E-state index contributed by atoms with van der Waals surface area (Å²) < 4.78 is 40.1. The lowest BCUT2D eigenvalue weighted by Crippen LogP contribution is -2.05. The van der Waals surface area contributed by atoms with E-state index in [0.29, 0.717) is 20.8 Å². The summed E-state index contributed by atoms with van der Waals surface area (Å²) >= 11 is 1.12. The molecule has 4 aromatic rings. The van der Waals surface area contributed by atoms with Gasteiger partial charge in [0.2, 0.25) is 0 Å². The van der Waals surface area contributed by atoms with E-state index < -0.39 is 16.7 Å². The zero-order valence-corrected chi connectivity index (χ0v) is 11.9. The fourth-order valence-corrected chi connectivity index (χ4v) is 3.34. The number of hydrogen-bond acceptors (Lipinski definition) is 5. The summed E-state index contributed by atoms with van der Waals surface area (Å²) in [6.45, 7) is 0. The van der Waals surface area contributed by atoms with Crippen molar-refractivity contribution in [1.29, 1.82) is 0 Å². The Morgan fingerprint density at radius 3 is 2.70 bits per heavy atom. The summed E-state index contributed by atoms with van der Waals surface area (Å²) in [6, 6.07) is 5.05. The monoisotopic (exact) mass is 338 g/mol. The SMILES string of the molecule is O=[N+]([O-])c1ccc2nc3sc4ncc(C(F)(F)F)cc4n3c2c1. The number of thiazole rings is 1. The second kappa shape index (κ2) is 4.38. The maximum absolute atomic E-state index is 12.9. The van der Waals surface area contributed by atoms with Gasteiger partial charge >= 0.3 is 6.18 Å². The van der Waals surface area contributed by atoms with Crippen molar-refractivity contribution >= 4 is 43.4 Å². The molecule has 0 radical (unpaired) electrons. The highest BCUT2D eigenvalue weighted by molar-refractivity contribution is 7.23. The first-order chi connectivity index (χ1) is 10.8. The Kier molecular flexibility index (Phi) is 2.64. The van der Waals surface area contributed by atoms with Gasteiger partial charge in [-0.15, -0.1) is 0 Å². The summed E-state index contributed by atoms with van der Waals surface area (Å²) in [6.07, 6.45) is -3.75. The number of hydrogen-bond donors (Lipinski definition) is 0. The number of alkyl halides is 3. The van der Waals surface area contributed by atoms with Crippen molar-refractivity contribution in [2.45, 2.75) is 6.18 Å². The van der Waals surface area contributed by atoms with Crippen LogP contribution in [-0.2, 0) is 6.18 Å². The Hall–Kier alpha value is -2.75. The molecule has 0 saturated carbocycles. The molecule has 0 N–H and O–H groups in total. The number of non-ortho nitro benzene ring substituents is 1. The summed E-state index contributed by atoms with van der Waals surface area (Å²) in [4.78, 5) is 19.3. The van der Waals surface area contributed by atoms with E-state index in [1.54, 1.807) is 0 Å². The molecular weight excluding hydrogens is 333 g/mol. The molecule has 6 nitrogen and oxygen atoms in total. The Balaban J connectivity index is 2.12. The third-order valence-corrected chi connectivity index (χ3v) is 4.37. The molecule has 3 heterocycles. The van der Waals surface area contributed by atoms with Crippen LogP contribution in [0.2, 0.25) is 0 Å². The third-order valence-electron chi connectivity index (χ3n) is 3.41. The summed E-state index contributed by atoms with van der Waals surface area (Å²) in [5.41, 5.74) is 0.0427. The molecule has 0 aliphatic carbocycles. The largest absolute Gasteiger partial charge is 0.417 e. The predicted molar refractivity (Wildman–Crippen MR) is 77.5 cm³/mol. The van der Waals surface area contributed by atoms with Crippen LogP contribution in [0.5, 0.6) is 0 Å². The van der Waals surface area contributed by atoms with Gasteiger partial charge in [-0.2, -0.15) is 13.2 Å². The summed E-state index contributed by atoms with van der Waals surface area (Å²) in [7, 11) is 0. The maximum Gasteiger partial charge on any atom is 0.417 e. The maximum atomic E-state index is 12.9. The fourth-order valence-electron chi connectivity index (χ4n) is 2.38. The molecule has 0 spiro atoms. The molecule has 0 unspecified atom stereocenters. The van der Waals surface area contributed by atoms with Crippen LogP contribution >= 0.6 is 11.3 Å². The van der Waals surface area contributed by atoms with Gasteiger partial charge in [0.15, 0.2) is 4.96 Å². The first-order valence-electron chi connectivity index (χ1n) is 6.27. The van der Waals surface area contributed by atoms with Crippen molar-refractivity contribution in [3.05, 3.63) is 46.1 Å². The van der Waals surface area contributed by atoms with Crippen LogP contribution in [0.1, 0.15) is 5.56 Å². The highest BCUT2D eigenvalue weighted by Crippen LogP contribution is 2.35. The molecule has 0 fully saturated rings. The van der Waals surface area contributed by atoms with Crippen molar-refractivity contribution in [1.82, 2.24) is 14.4 Å². The van der Waals surface area contributed by atoms with Crippen LogP contribution in [0.15, 0.2) is 30.5 Å². The lowest BCUT2D eigenvalue weighted by molar-refractivity contribution is -0.384. The summed E-state index contributed by atoms with van der Waals surface area (Å²) in [5, 5.41) is 10.9. The minimum atomic E-state index is -4.52. The average Bonchev–Trinajstić information content (AvgIpc) is 2.99. The molecule has 0 aliphatic heterocycles. The molecule has 0 saturated heterocycles. The summed E-state index contributed by atoms with van der Waals surface area (Å²) in [5.74, 6) is 0. The van der Waals surface area contributed by atoms with E-state index >= 15 is 0 Å². The Bertz CT molecular complexity index is 1100. The van der Waals surface area contributed by atoms with Crippen LogP contribution in [0, 0.1) is 10.1 Å². The molecule has 23 heavy (non-hydrogen) atoms. The number of rotatable bonds is 1. The molecule has 1 aromatic carbocycles. The van der Waals surface area contributed by atoms with E-state index in [1.165, 1.54) is 22.6 Å². The predicted octanol–water partition coefficient (Wildman–Crippen LogP) is 4.02. The van der Waals surface area contributed by atoms with Crippen molar-refractivity contribution in [2.24, 2.45) is 0 Å². The molecule has 4 rings (SSSR count). The second-order valence-electron chi connectivity index (χ2n) is 4.81. The number of nitrogens with zero attached hydrogens (tertiary/aromatic N) is 4. The van der Waals surface area contributed by atoms with Crippen LogP contribution in [-0.4, -0.2) is 19.3 Å². The van der Waals surface area contributed by atoms with Crippen molar-refractivity contribution in [2.75, 3.05) is 0 Å². The molecule has 0 bridgehead atoms. The fraction of sp³-hybridized carbons (Fsp3) is 0.0769. The third kappa shape index (κ3) is 2.02. The number of nitro benzene ring substituents is 1. The number of halogens is 3. The van der Waals surface area contributed by atoms with E-state index in [4.69, 9.17) is 0 Å². The average molecular weight is 338 g/mol. The minimum absolute atomic E-state index is 0.154. The van der Waals surface area contributed by atoms with E-state index in [1.807, 2.05) is 0 Å². The number of nitro groups is 1. The van der Waals surface area contributed by atoms with E-state index in [2.05, 4.69) is 9.97 Å². The van der Waals surface area contributed by atoms with Crippen LogP contribution in [0.4, 0.5) is 18.9 Å². The Labute approximate surface area is 129 Å². The quantitative estimate of drug-likeness (QED) is 0.388. The molecule has 3 aromatic heterocycles. The van der Waals surface area contributed by atoms with Crippen LogP contribution in [0.3, 0.4) is 0 Å². The lowest BCUT2D eigenvalue weighted by atomic mass is 10.2. The first-order valence-corrected chi connectivity index (χ1v) is 7.08. The first kappa shape index (κ1) is 13.9. The van der Waals surface area contributed by atoms with Gasteiger partial charge in [-0.05, 0) is 12.1 Å². The molecule has 0 aliphatic rings. The smallest absolute Gasteiger partial charge is 0.281 e. The van der Waals surface area contributed by atoms with Crippen molar-refractivity contribution < 1.29 is 18.1 Å². The number of fused-ring (bicyclic) bond motifs is 5. The van der Waals surface area contributed by atoms with Gasteiger partial charge in [0.1, 0.15) is 4.83 Å². The number of imidazole rings is 1. The van der Waals surface area contributed by atoms with Crippen LogP contribution in [0.25, 0.3) is 26.3 Å². The number of benzene rings is 1. The molecule has 116 valence electrons. The van der Waals surface area contributed by atoms with E-state index in [0.717, 1.165) is 23.6 Å². The van der Waals surface area contributed by atoms with Gasteiger partial charge in [0.05, 0.1) is 27.0 Å². The topological polar surface area (TPSA) is 73.3 Å². The van der Waals surface area contributed by atoms with Gasteiger partial charge in [-0.3, -0.25) is 14.5 Å². The zero-order valence-electron chi connectivity index (χ0n) is 11.0. The second-order valence-corrected chi connectivity index (χ2v) is 5.76. The lowest BCUT2D eigenvalue weighted by Gasteiger charge is -2.05. The standard InChI is InChI=1S/C13H5F3N4O2S/c14-13(15,16)6-3-10-11(17-5-6)23-12-18-8-2-1-7(20(21)22)4-9(8)19(10)12/h1-5H. The van der Waals surface area contributed by atoms with Crippen molar-refractivity contribution in [3.63, 3.8) is 0 Å². The van der Waals surface area contributed by atoms with Gasteiger partial charge in [-0.25, -0.2) is 9.97 Å². The molecular formula is C13H5F3N4O2S. The highest BCUT2D eigenvalue weighted by atomic mass is 32.1.